The molecule has 1 aromatic carbocycles. The Morgan fingerprint density at radius 3 is 2.88 bits per heavy atom. The Morgan fingerprint density at radius 2 is 2.12 bits per heavy atom. The summed E-state index contributed by atoms with van der Waals surface area (Å²) >= 11 is 5.70. The molecule has 1 unspecified atom stereocenters. The van der Waals surface area contributed by atoms with Crippen LogP contribution in [0.25, 0.3) is 11.1 Å². The summed E-state index contributed by atoms with van der Waals surface area (Å²) in [6, 6.07) is 7.50. The van der Waals surface area contributed by atoms with Gasteiger partial charge in [-0.1, -0.05) is 19.1 Å². The lowest BCUT2D eigenvalue weighted by molar-refractivity contribution is 0.441. The minimum absolute atomic E-state index is 0.274. The van der Waals surface area contributed by atoms with Crippen molar-refractivity contribution in [3.63, 3.8) is 0 Å². The quantitative estimate of drug-likeness (QED) is 0.767. The Morgan fingerprint density at radius 1 is 1.35 bits per heavy atom. The van der Waals surface area contributed by atoms with Gasteiger partial charge in [-0.2, -0.15) is 0 Å². The van der Waals surface area contributed by atoms with E-state index in [0.29, 0.717) is 23.9 Å². The fraction of sp³-hybridized carbons (Fsp3) is 0.462. The molecule has 0 aliphatic heterocycles. The molecule has 0 N–H and O–H groups in total. The van der Waals surface area contributed by atoms with Crippen molar-refractivity contribution < 1.29 is 4.42 Å². The Hall–Kier alpha value is -1.22. The van der Waals surface area contributed by atoms with Gasteiger partial charge in [0.05, 0.1) is 5.52 Å². The molecule has 0 aliphatic carbocycles. The van der Waals surface area contributed by atoms with Gasteiger partial charge in [0.2, 0.25) is 0 Å². The van der Waals surface area contributed by atoms with Crippen LogP contribution in [0.4, 0.5) is 0 Å². The maximum Gasteiger partial charge on any atom is 0.419 e. The van der Waals surface area contributed by atoms with Gasteiger partial charge in [0.15, 0.2) is 5.58 Å². The van der Waals surface area contributed by atoms with Gasteiger partial charge in [0.1, 0.15) is 0 Å². The molecule has 1 aromatic heterocycles. The first-order chi connectivity index (χ1) is 8.22. The van der Waals surface area contributed by atoms with Gasteiger partial charge < -0.3 is 4.42 Å². The Labute approximate surface area is 105 Å². The lowest BCUT2D eigenvalue weighted by atomic mass is 10.1. The molecule has 0 saturated heterocycles. The second-order valence-corrected chi connectivity index (χ2v) is 4.74. The van der Waals surface area contributed by atoms with Crippen LogP contribution in [0.5, 0.6) is 0 Å². The highest BCUT2D eigenvalue weighted by Crippen LogP contribution is 2.15. The highest BCUT2D eigenvalue weighted by molar-refractivity contribution is 6.17. The summed E-state index contributed by atoms with van der Waals surface area (Å²) in [7, 11) is 0. The number of para-hydroxylation sites is 2. The molecule has 3 nitrogen and oxygen atoms in total. The minimum atomic E-state index is -0.274. The number of fused-ring (bicyclic) bond motifs is 1. The lowest BCUT2D eigenvalue weighted by Crippen LogP contribution is -2.15. The third-order valence-corrected chi connectivity index (χ3v) is 3.24. The maximum absolute atomic E-state index is 11.7. The van der Waals surface area contributed by atoms with Crippen molar-refractivity contribution >= 4 is 22.7 Å². The number of aryl methyl sites for hydroxylation is 1. The van der Waals surface area contributed by atoms with Crippen molar-refractivity contribution in [1.29, 1.82) is 0 Å². The van der Waals surface area contributed by atoms with E-state index in [1.165, 1.54) is 0 Å². The van der Waals surface area contributed by atoms with Crippen LogP contribution >= 0.6 is 11.6 Å². The monoisotopic (exact) mass is 253 g/mol. The molecule has 4 heteroatoms. The number of halogens is 1. The van der Waals surface area contributed by atoms with E-state index >= 15 is 0 Å². The molecule has 2 rings (SSSR count). The zero-order chi connectivity index (χ0) is 12.3. The summed E-state index contributed by atoms with van der Waals surface area (Å²) in [6.45, 7) is 2.84. The lowest BCUT2D eigenvalue weighted by Gasteiger charge is -2.09. The highest BCUT2D eigenvalue weighted by Gasteiger charge is 2.09. The van der Waals surface area contributed by atoms with E-state index in [-0.39, 0.29) is 5.76 Å². The van der Waals surface area contributed by atoms with Crippen molar-refractivity contribution in [3.8, 4) is 0 Å². The average Bonchev–Trinajstić information content (AvgIpc) is 2.62. The van der Waals surface area contributed by atoms with Crippen molar-refractivity contribution in [2.45, 2.75) is 26.3 Å². The van der Waals surface area contributed by atoms with Crippen LogP contribution in [-0.2, 0) is 6.54 Å². The van der Waals surface area contributed by atoms with E-state index in [4.69, 9.17) is 16.0 Å². The number of hydrogen-bond acceptors (Lipinski definition) is 2. The highest BCUT2D eigenvalue weighted by atomic mass is 35.5. The van der Waals surface area contributed by atoms with E-state index in [0.717, 1.165) is 18.4 Å². The van der Waals surface area contributed by atoms with E-state index in [1.807, 2.05) is 24.3 Å². The number of oxazole rings is 1. The summed E-state index contributed by atoms with van der Waals surface area (Å²) in [5.74, 6) is 0.916. The van der Waals surface area contributed by atoms with E-state index in [9.17, 15) is 4.79 Å². The Balaban J connectivity index is 2.18. The van der Waals surface area contributed by atoms with Gasteiger partial charge in [0, 0.05) is 12.4 Å². The van der Waals surface area contributed by atoms with Crippen LogP contribution in [0, 0.1) is 5.92 Å². The Bertz CT molecular complexity index is 544. The van der Waals surface area contributed by atoms with Crippen molar-refractivity contribution in [1.82, 2.24) is 4.57 Å². The van der Waals surface area contributed by atoms with E-state index in [1.54, 1.807) is 4.57 Å². The third-order valence-electron chi connectivity index (χ3n) is 3.02. The maximum atomic E-state index is 11.7. The summed E-state index contributed by atoms with van der Waals surface area (Å²) in [4.78, 5) is 11.7. The predicted molar refractivity (Wildman–Crippen MR) is 69.6 cm³/mol. The van der Waals surface area contributed by atoms with Crippen LogP contribution < -0.4 is 5.76 Å². The molecule has 17 heavy (non-hydrogen) atoms. The summed E-state index contributed by atoms with van der Waals surface area (Å²) in [5, 5.41) is 0. The molecule has 0 saturated carbocycles. The number of benzene rings is 1. The first kappa shape index (κ1) is 12.2. The smallest absolute Gasteiger partial charge is 0.408 e. The van der Waals surface area contributed by atoms with Gasteiger partial charge in [-0.3, -0.25) is 4.57 Å². The Kier molecular flexibility index (Phi) is 3.89. The predicted octanol–water partition coefficient (Wildman–Crippen LogP) is 3.25. The molecule has 0 spiro atoms. The second kappa shape index (κ2) is 5.41. The molecular weight excluding hydrogens is 238 g/mol. The standard InChI is InChI=1S/C13H16ClNO2/c1-10(6-8-14)7-9-15-11-4-2-3-5-12(11)17-13(15)16/h2-5,10H,6-9H2,1H3. The third kappa shape index (κ3) is 2.72. The molecule has 1 atom stereocenters. The van der Waals surface area contributed by atoms with E-state index < -0.39 is 0 Å². The summed E-state index contributed by atoms with van der Waals surface area (Å²) < 4.78 is 6.87. The van der Waals surface area contributed by atoms with Crippen LogP contribution in [-0.4, -0.2) is 10.4 Å². The zero-order valence-corrected chi connectivity index (χ0v) is 10.6. The number of aromatic nitrogens is 1. The van der Waals surface area contributed by atoms with Crippen molar-refractivity contribution in [2.24, 2.45) is 5.92 Å². The largest absolute Gasteiger partial charge is 0.419 e. The first-order valence-corrected chi connectivity index (χ1v) is 6.40. The van der Waals surface area contributed by atoms with Gasteiger partial charge in [0.25, 0.3) is 0 Å². The number of nitrogens with zero attached hydrogens (tertiary/aromatic N) is 1. The van der Waals surface area contributed by atoms with Crippen LogP contribution in [0.15, 0.2) is 33.5 Å². The van der Waals surface area contributed by atoms with Gasteiger partial charge in [-0.25, -0.2) is 4.79 Å². The average molecular weight is 254 g/mol. The number of hydrogen-bond donors (Lipinski definition) is 0. The van der Waals surface area contributed by atoms with Crippen LogP contribution in [0.2, 0.25) is 0 Å². The molecular formula is C13H16ClNO2. The molecule has 92 valence electrons. The normalized spacial score (nSPS) is 13.1. The molecule has 1 heterocycles. The van der Waals surface area contributed by atoms with Crippen LogP contribution in [0.1, 0.15) is 19.8 Å². The number of alkyl halides is 1. The molecule has 0 amide bonds. The topological polar surface area (TPSA) is 35.1 Å². The van der Waals surface area contributed by atoms with Gasteiger partial charge in [-0.05, 0) is 30.9 Å². The fourth-order valence-electron chi connectivity index (χ4n) is 1.91. The van der Waals surface area contributed by atoms with E-state index in [2.05, 4.69) is 6.92 Å². The molecule has 0 bridgehead atoms. The summed E-state index contributed by atoms with van der Waals surface area (Å²) in [6.07, 6.45) is 1.92. The second-order valence-electron chi connectivity index (χ2n) is 4.36. The van der Waals surface area contributed by atoms with Gasteiger partial charge in [-0.15, -0.1) is 11.6 Å². The molecule has 2 aromatic rings. The minimum Gasteiger partial charge on any atom is -0.408 e. The fourth-order valence-corrected chi connectivity index (χ4v) is 2.28. The zero-order valence-electron chi connectivity index (χ0n) is 9.86. The summed E-state index contributed by atoms with van der Waals surface area (Å²) in [5.41, 5.74) is 1.53. The van der Waals surface area contributed by atoms with Crippen molar-refractivity contribution in [2.75, 3.05) is 5.88 Å². The van der Waals surface area contributed by atoms with Gasteiger partial charge >= 0.3 is 5.76 Å². The van der Waals surface area contributed by atoms with Crippen LogP contribution in [0.3, 0.4) is 0 Å². The molecule has 0 fully saturated rings. The van der Waals surface area contributed by atoms with Crippen molar-refractivity contribution in [3.05, 3.63) is 34.8 Å². The SMILES string of the molecule is CC(CCCl)CCn1c(=O)oc2ccccc21. The molecule has 0 radical (unpaired) electrons. The number of rotatable bonds is 5. The molecule has 0 aliphatic rings. The first-order valence-electron chi connectivity index (χ1n) is 5.86.